The normalized spacial score (nSPS) is 12.0. The fourth-order valence-electron chi connectivity index (χ4n) is 2.68. The first-order valence-corrected chi connectivity index (χ1v) is 8.10. The molecule has 2 nitrogen and oxygen atoms in total. The molecule has 3 aromatic carbocycles. The Kier molecular flexibility index (Phi) is 5.16. The number of methoxy groups -OCH3 is 1. The molecule has 0 bridgehead atoms. The Hall–Kier alpha value is -2.95. The maximum absolute atomic E-state index is 14.7. The standard InChI is InChI=1S/C21H17F3O2/c1-3-26-16-9-11-17-14(12-16)6-10-18(20(17)23)21(24)19(22)13-4-7-15(25-2)8-5-13/h4-12H,3H2,1-2H3. The van der Waals surface area contributed by atoms with Gasteiger partial charge in [-0.25, -0.2) is 13.2 Å². The maximum Gasteiger partial charge on any atom is 0.169 e. The van der Waals surface area contributed by atoms with Crippen molar-refractivity contribution in [2.24, 2.45) is 0 Å². The van der Waals surface area contributed by atoms with Crippen LogP contribution in [-0.2, 0) is 0 Å². The molecule has 134 valence electrons. The van der Waals surface area contributed by atoms with Gasteiger partial charge >= 0.3 is 0 Å². The highest BCUT2D eigenvalue weighted by molar-refractivity contribution is 5.91. The van der Waals surface area contributed by atoms with Crippen molar-refractivity contribution in [3.63, 3.8) is 0 Å². The van der Waals surface area contributed by atoms with Gasteiger partial charge in [0, 0.05) is 16.5 Å². The molecule has 26 heavy (non-hydrogen) atoms. The lowest BCUT2D eigenvalue weighted by atomic mass is 10.0. The summed E-state index contributed by atoms with van der Waals surface area (Å²) < 4.78 is 54.2. The summed E-state index contributed by atoms with van der Waals surface area (Å²) in [7, 11) is 1.48. The Morgan fingerprint density at radius 3 is 2.23 bits per heavy atom. The predicted molar refractivity (Wildman–Crippen MR) is 97.1 cm³/mol. The quantitative estimate of drug-likeness (QED) is 0.509. The number of hydrogen-bond acceptors (Lipinski definition) is 2. The molecule has 0 aliphatic rings. The molecule has 0 saturated carbocycles. The molecule has 3 aromatic rings. The van der Waals surface area contributed by atoms with E-state index in [-0.39, 0.29) is 10.9 Å². The van der Waals surface area contributed by atoms with Crippen LogP contribution < -0.4 is 9.47 Å². The number of fused-ring (bicyclic) bond motifs is 1. The van der Waals surface area contributed by atoms with E-state index in [9.17, 15) is 13.2 Å². The summed E-state index contributed by atoms with van der Waals surface area (Å²) in [5.41, 5.74) is -0.413. The third-order valence-electron chi connectivity index (χ3n) is 4.01. The summed E-state index contributed by atoms with van der Waals surface area (Å²) in [5, 5.41) is 0.749. The van der Waals surface area contributed by atoms with Crippen LogP contribution >= 0.6 is 0 Å². The number of rotatable bonds is 5. The zero-order valence-corrected chi connectivity index (χ0v) is 14.4. The largest absolute Gasteiger partial charge is 0.497 e. The molecule has 3 rings (SSSR count). The Morgan fingerprint density at radius 2 is 1.58 bits per heavy atom. The number of halogens is 3. The lowest BCUT2D eigenvalue weighted by Gasteiger charge is -2.09. The Morgan fingerprint density at radius 1 is 0.885 bits per heavy atom. The van der Waals surface area contributed by atoms with Crippen LogP contribution in [0.5, 0.6) is 11.5 Å². The summed E-state index contributed by atoms with van der Waals surface area (Å²) in [6.45, 7) is 2.33. The molecule has 0 unspecified atom stereocenters. The number of hydrogen-bond donors (Lipinski definition) is 0. The summed E-state index contributed by atoms with van der Waals surface area (Å²) in [5.74, 6) is -2.08. The lowest BCUT2D eigenvalue weighted by molar-refractivity contribution is 0.340. The van der Waals surface area contributed by atoms with Gasteiger partial charge in [0.15, 0.2) is 11.7 Å². The van der Waals surface area contributed by atoms with Crippen LogP contribution in [0.25, 0.3) is 22.4 Å². The molecular formula is C21H17F3O2. The van der Waals surface area contributed by atoms with Crippen molar-refractivity contribution in [3.05, 3.63) is 71.5 Å². The van der Waals surface area contributed by atoms with Crippen LogP contribution in [0, 0.1) is 5.82 Å². The fraction of sp³-hybridized carbons (Fsp3) is 0.143. The highest BCUT2D eigenvalue weighted by Gasteiger charge is 2.17. The molecule has 0 saturated heterocycles. The van der Waals surface area contributed by atoms with E-state index in [0.29, 0.717) is 23.5 Å². The molecule has 0 fully saturated rings. The van der Waals surface area contributed by atoms with Gasteiger partial charge in [-0.15, -0.1) is 0 Å². The molecule has 0 amide bonds. The van der Waals surface area contributed by atoms with Crippen molar-refractivity contribution in [1.29, 1.82) is 0 Å². The van der Waals surface area contributed by atoms with E-state index in [4.69, 9.17) is 9.47 Å². The van der Waals surface area contributed by atoms with E-state index in [2.05, 4.69) is 0 Å². The smallest absolute Gasteiger partial charge is 0.169 e. The minimum atomic E-state index is -1.25. The van der Waals surface area contributed by atoms with Crippen molar-refractivity contribution in [2.75, 3.05) is 13.7 Å². The summed E-state index contributed by atoms with van der Waals surface area (Å²) >= 11 is 0. The van der Waals surface area contributed by atoms with Crippen LogP contribution in [0.15, 0.2) is 54.6 Å². The van der Waals surface area contributed by atoms with Gasteiger partial charge in [-0.05, 0) is 60.8 Å². The van der Waals surface area contributed by atoms with Gasteiger partial charge in [-0.2, -0.15) is 0 Å². The maximum atomic E-state index is 14.7. The molecule has 0 spiro atoms. The molecule has 0 aliphatic carbocycles. The zero-order chi connectivity index (χ0) is 18.7. The van der Waals surface area contributed by atoms with Gasteiger partial charge in [0.05, 0.1) is 13.7 Å². The van der Waals surface area contributed by atoms with E-state index in [1.165, 1.54) is 49.6 Å². The zero-order valence-electron chi connectivity index (χ0n) is 14.4. The van der Waals surface area contributed by atoms with Gasteiger partial charge in [0.2, 0.25) is 0 Å². The van der Waals surface area contributed by atoms with Gasteiger partial charge in [0.1, 0.15) is 17.3 Å². The molecule has 0 N–H and O–H groups in total. The third-order valence-corrected chi connectivity index (χ3v) is 4.01. The van der Waals surface area contributed by atoms with E-state index in [1.807, 2.05) is 6.92 Å². The summed E-state index contributed by atoms with van der Waals surface area (Å²) in [4.78, 5) is 0. The van der Waals surface area contributed by atoms with Crippen LogP contribution in [0.3, 0.4) is 0 Å². The molecule has 0 aliphatic heterocycles. The monoisotopic (exact) mass is 358 g/mol. The number of benzene rings is 3. The molecule has 0 aromatic heterocycles. The van der Waals surface area contributed by atoms with Crippen molar-refractivity contribution in [3.8, 4) is 11.5 Å². The van der Waals surface area contributed by atoms with Crippen LogP contribution in [0.1, 0.15) is 18.1 Å². The topological polar surface area (TPSA) is 18.5 Å². The second-order valence-corrected chi connectivity index (χ2v) is 5.60. The SMILES string of the molecule is CCOc1ccc2c(F)c(C(F)=C(F)c3ccc(OC)cc3)ccc2c1. The van der Waals surface area contributed by atoms with E-state index >= 15 is 0 Å². The lowest BCUT2D eigenvalue weighted by Crippen LogP contribution is -1.94. The summed E-state index contributed by atoms with van der Waals surface area (Å²) in [6.07, 6.45) is 0. The van der Waals surface area contributed by atoms with Gasteiger partial charge < -0.3 is 9.47 Å². The average molecular weight is 358 g/mol. The van der Waals surface area contributed by atoms with E-state index in [1.54, 1.807) is 12.1 Å². The minimum Gasteiger partial charge on any atom is -0.497 e. The van der Waals surface area contributed by atoms with Crippen molar-refractivity contribution in [1.82, 2.24) is 0 Å². The van der Waals surface area contributed by atoms with E-state index < -0.39 is 23.0 Å². The van der Waals surface area contributed by atoms with Crippen molar-refractivity contribution < 1.29 is 22.6 Å². The van der Waals surface area contributed by atoms with Crippen LogP contribution in [-0.4, -0.2) is 13.7 Å². The molecule has 0 radical (unpaired) electrons. The van der Waals surface area contributed by atoms with Crippen molar-refractivity contribution in [2.45, 2.75) is 6.92 Å². The average Bonchev–Trinajstić information content (AvgIpc) is 2.67. The second-order valence-electron chi connectivity index (χ2n) is 5.60. The molecule has 0 heterocycles. The highest BCUT2D eigenvalue weighted by Crippen LogP contribution is 2.34. The van der Waals surface area contributed by atoms with Crippen LogP contribution in [0.2, 0.25) is 0 Å². The third kappa shape index (κ3) is 3.38. The first kappa shape index (κ1) is 17.9. The summed E-state index contributed by atoms with van der Waals surface area (Å²) in [6, 6.07) is 13.3. The second kappa shape index (κ2) is 7.52. The van der Waals surface area contributed by atoms with Gasteiger partial charge in [0.25, 0.3) is 0 Å². The Labute approximate surface area is 149 Å². The van der Waals surface area contributed by atoms with E-state index in [0.717, 1.165) is 0 Å². The van der Waals surface area contributed by atoms with Gasteiger partial charge in [-0.3, -0.25) is 0 Å². The first-order chi connectivity index (χ1) is 12.5. The molecule has 0 atom stereocenters. The highest BCUT2D eigenvalue weighted by atomic mass is 19.2. The first-order valence-electron chi connectivity index (χ1n) is 8.10. The predicted octanol–water partition coefficient (Wildman–Crippen LogP) is 6.15. The molecule has 5 heteroatoms. The fourth-order valence-corrected chi connectivity index (χ4v) is 2.68. The Balaban J connectivity index is 2.05. The van der Waals surface area contributed by atoms with Crippen molar-refractivity contribution >= 4 is 22.4 Å². The number of ether oxygens (including phenoxy) is 2. The minimum absolute atomic E-state index is 0.00879. The van der Waals surface area contributed by atoms with Gasteiger partial charge in [-0.1, -0.05) is 6.07 Å². The Bertz CT molecular complexity index is 963. The van der Waals surface area contributed by atoms with Crippen LogP contribution in [0.4, 0.5) is 13.2 Å². The molecular weight excluding hydrogens is 341 g/mol.